The van der Waals surface area contributed by atoms with Crippen LogP contribution in [0, 0.1) is 0 Å². The van der Waals surface area contributed by atoms with Gasteiger partial charge in [-0.25, -0.2) is 0 Å². The Balaban J connectivity index is 1.35. The molecule has 0 unspecified atom stereocenters. The number of ether oxygens (including phenoxy) is 2. The van der Waals surface area contributed by atoms with E-state index in [1.807, 2.05) is 0 Å². The summed E-state index contributed by atoms with van der Waals surface area (Å²) in [7, 11) is 0. The molecule has 214 valence electrons. The van der Waals surface area contributed by atoms with E-state index in [0.717, 1.165) is 0 Å². The number of fused-ring (bicyclic) bond motifs is 10. The van der Waals surface area contributed by atoms with E-state index in [2.05, 4.69) is 0 Å². The van der Waals surface area contributed by atoms with Gasteiger partial charge in [-0.2, -0.15) is 0 Å². The normalized spacial score (nSPS) is 27.9. The molecule has 42 heavy (non-hydrogen) atoms. The van der Waals surface area contributed by atoms with Gasteiger partial charge in [0, 0.05) is 53.0 Å². The van der Waals surface area contributed by atoms with Gasteiger partial charge >= 0.3 is 0 Å². The van der Waals surface area contributed by atoms with Gasteiger partial charge in [0.2, 0.25) is 0 Å². The summed E-state index contributed by atoms with van der Waals surface area (Å²) in [5.41, 5.74) is 0.495. The second kappa shape index (κ2) is 7.93. The van der Waals surface area contributed by atoms with Crippen LogP contribution in [0.15, 0.2) is 54.6 Å². The van der Waals surface area contributed by atoms with Gasteiger partial charge in [-0.15, -0.1) is 0 Å². The van der Waals surface area contributed by atoms with E-state index < -0.39 is 34.7 Å². The molecule has 10 nitrogen and oxygen atoms in total. The molecule has 2 heterocycles. The lowest BCUT2D eigenvalue weighted by Crippen LogP contribution is -2.47. The van der Waals surface area contributed by atoms with Gasteiger partial charge < -0.3 is 50.3 Å². The second-order valence-corrected chi connectivity index (χ2v) is 11.8. The van der Waals surface area contributed by atoms with Crippen molar-refractivity contribution in [2.24, 2.45) is 0 Å². The fraction of sp³-hybridized carbons (Fsp3) is 0.250. The standard InChI is InChI=1S/C32H26O10/c33-14-1-2-15-26(4-14)42-12-32(40)29(15)17-7-24(37)25(38)8-18(17)30(32)19-5-20-27(9-21(19)34)41-11-31(39)10-13-3-22(35)23(36)6-16(13)28(20)31/h1-9,28-30,33-40H,10-12H2/t28-,29+,30+,31-,32-/m1/s1. The van der Waals surface area contributed by atoms with Crippen LogP contribution in [-0.4, -0.2) is 65.3 Å². The van der Waals surface area contributed by atoms with E-state index >= 15 is 0 Å². The average Bonchev–Trinajstić information content (AvgIpc) is 3.36. The van der Waals surface area contributed by atoms with Crippen LogP contribution in [0.5, 0.6) is 46.0 Å². The van der Waals surface area contributed by atoms with Gasteiger partial charge in [0.1, 0.15) is 47.4 Å². The third-order valence-electron chi connectivity index (χ3n) is 9.41. The summed E-state index contributed by atoms with van der Waals surface area (Å²) >= 11 is 0. The van der Waals surface area contributed by atoms with Crippen molar-refractivity contribution in [1.29, 1.82) is 0 Å². The molecule has 2 aliphatic carbocycles. The minimum absolute atomic E-state index is 0.0152. The molecule has 8 rings (SSSR count). The molecule has 0 fully saturated rings. The molecule has 2 aliphatic heterocycles. The summed E-state index contributed by atoms with van der Waals surface area (Å²) in [6, 6.07) is 13.2. The van der Waals surface area contributed by atoms with Gasteiger partial charge in [-0.05, 0) is 58.7 Å². The molecule has 0 aromatic heterocycles. The fourth-order valence-corrected chi connectivity index (χ4v) is 7.69. The Hall–Kier alpha value is -4.80. The quantitative estimate of drug-likeness (QED) is 0.158. The predicted octanol–water partition coefficient (Wildman–Crippen LogP) is 3.13. The number of benzene rings is 4. The molecule has 4 aromatic carbocycles. The first kappa shape index (κ1) is 25.0. The highest BCUT2D eigenvalue weighted by molar-refractivity contribution is 5.67. The van der Waals surface area contributed by atoms with Crippen molar-refractivity contribution < 1.29 is 50.3 Å². The number of rotatable bonds is 1. The van der Waals surface area contributed by atoms with E-state index in [0.29, 0.717) is 44.9 Å². The van der Waals surface area contributed by atoms with Crippen LogP contribution < -0.4 is 9.47 Å². The second-order valence-electron chi connectivity index (χ2n) is 11.8. The maximum Gasteiger partial charge on any atom is 0.157 e. The first-order valence-corrected chi connectivity index (χ1v) is 13.5. The average molecular weight is 571 g/mol. The van der Waals surface area contributed by atoms with E-state index in [4.69, 9.17) is 9.47 Å². The van der Waals surface area contributed by atoms with Crippen LogP contribution in [-0.2, 0) is 6.42 Å². The van der Waals surface area contributed by atoms with Crippen LogP contribution >= 0.6 is 0 Å². The lowest BCUT2D eigenvalue weighted by molar-refractivity contribution is -0.0350. The van der Waals surface area contributed by atoms with Crippen molar-refractivity contribution in [2.75, 3.05) is 13.2 Å². The third kappa shape index (κ3) is 3.10. The van der Waals surface area contributed by atoms with E-state index in [1.165, 1.54) is 42.5 Å². The highest BCUT2D eigenvalue weighted by Crippen LogP contribution is 2.62. The number of phenolic OH excluding ortho intramolecular Hbond substituents is 6. The molecule has 0 saturated heterocycles. The van der Waals surface area contributed by atoms with Gasteiger partial charge in [-0.1, -0.05) is 6.07 Å². The topological polar surface area (TPSA) is 180 Å². The Labute approximate surface area is 238 Å². The van der Waals surface area contributed by atoms with Gasteiger partial charge in [0.25, 0.3) is 0 Å². The van der Waals surface area contributed by atoms with Crippen LogP contribution in [0.25, 0.3) is 0 Å². The zero-order valence-corrected chi connectivity index (χ0v) is 21.9. The number of hydrogen-bond acceptors (Lipinski definition) is 10. The number of phenols is 6. The molecule has 10 heteroatoms. The Morgan fingerprint density at radius 2 is 1.12 bits per heavy atom. The van der Waals surface area contributed by atoms with Crippen LogP contribution in [0.1, 0.15) is 56.7 Å². The van der Waals surface area contributed by atoms with Gasteiger partial charge in [0.05, 0.1) is 0 Å². The fourth-order valence-electron chi connectivity index (χ4n) is 7.69. The minimum atomic E-state index is -1.69. The van der Waals surface area contributed by atoms with Gasteiger partial charge in [0.15, 0.2) is 23.0 Å². The maximum absolute atomic E-state index is 12.4. The van der Waals surface area contributed by atoms with Crippen LogP contribution in [0.2, 0.25) is 0 Å². The number of aromatic hydroxyl groups is 6. The molecule has 0 bridgehead atoms. The first-order chi connectivity index (χ1) is 20.0. The van der Waals surface area contributed by atoms with E-state index in [9.17, 15) is 40.9 Å². The molecule has 0 spiro atoms. The van der Waals surface area contributed by atoms with Crippen molar-refractivity contribution in [3.05, 3.63) is 93.5 Å². The van der Waals surface area contributed by atoms with Crippen molar-refractivity contribution in [3.63, 3.8) is 0 Å². The van der Waals surface area contributed by atoms with Crippen molar-refractivity contribution in [3.8, 4) is 46.0 Å². The SMILES string of the molecule is Oc1ccc2c(c1)OC[C@]1(O)[C@H](c3cc4c(cc3O)OC[C@]3(O)Cc5cc(O)c(O)cc5[C@H]43)c3cc(O)c(O)cc3[C@H]21. The Morgan fingerprint density at radius 1 is 0.524 bits per heavy atom. The number of hydrogen-bond donors (Lipinski definition) is 8. The summed E-state index contributed by atoms with van der Waals surface area (Å²) in [5, 5.41) is 86.9. The molecule has 4 aromatic rings. The Bertz CT molecular complexity index is 1850. The van der Waals surface area contributed by atoms with E-state index in [-0.39, 0.29) is 53.9 Å². The molecule has 0 saturated carbocycles. The van der Waals surface area contributed by atoms with Crippen molar-refractivity contribution in [2.45, 2.75) is 35.4 Å². The molecule has 5 atom stereocenters. The summed E-state index contributed by atoms with van der Waals surface area (Å²) < 4.78 is 11.8. The Morgan fingerprint density at radius 3 is 1.83 bits per heavy atom. The highest BCUT2D eigenvalue weighted by Gasteiger charge is 2.58. The number of aliphatic hydroxyl groups is 2. The molecule has 8 N–H and O–H groups in total. The minimum Gasteiger partial charge on any atom is -0.508 e. The van der Waals surface area contributed by atoms with Crippen molar-refractivity contribution in [1.82, 2.24) is 0 Å². The highest BCUT2D eigenvalue weighted by atomic mass is 16.5. The molecule has 0 radical (unpaired) electrons. The van der Waals surface area contributed by atoms with Gasteiger partial charge in [-0.3, -0.25) is 0 Å². The largest absolute Gasteiger partial charge is 0.508 e. The lowest BCUT2D eigenvalue weighted by Gasteiger charge is -2.41. The summed E-state index contributed by atoms with van der Waals surface area (Å²) in [4.78, 5) is 0. The third-order valence-corrected chi connectivity index (χ3v) is 9.41. The zero-order valence-electron chi connectivity index (χ0n) is 21.9. The molecule has 0 amide bonds. The molecular formula is C32H26O10. The maximum atomic E-state index is 12.4. The monoisotopic (exact) mass is 570 g/mol. The van der Waals surface area contributed by atoms with Crippen molar-refractivity contribution >= 4 is 0 Å². The lowest BCUT2D eigenvalue weighted by atomic mass is 9.73. The summed E-state index contributed by atoms with van der Waals surface area (Å²) in [5.74, 6) is -3.30. The van der Waals surface area contributed by atoms with Crippen LogP contribution in [0.4, 0.5) is 0 Å². The first-order valence-electron chi connectivity index (χ1n) is 13.5. The summed E-state index contributed by atoms with van der Waals surface area (Å²) in [6.07, 6.45) is 0.166. The van der Waals surface area contributed by atoms with E-state index in [1.54, 1.807) is 12.1 Å². The Kier molecular flexibility index (Phi) is 4.71. The molecular weight excluding hydrogens is 544 g/mol. The van der Waals surface area contributed by atoms with Crippen LogP contribution in [0.3, 0.4) is 0 Å². The smallest absolute Gasteiger partial charge is 0.157 e. The molecule has 4 aliphatic rings. The predicted molar refractivity (Wildman–Crippen MR) is 146 cm³/mol. The summed E-state index contributed by atoms with van der Waals surface area (Å²) in [6.45, 7) is -0.312. The zero-order chi connectivity index (χ0) is 29.3.